The van der Waals surface area contributed by atoms with Gasteiger partial charge in [0.05, 0.1) is 12.0 Å². The minimum absolute atomic E-state index is 0.0395. The SMILES string of the molecule is COc1ccc(S(=O)(=O)N(CCCSC(C)=O)Cc2ccccc2)cc1. The van der Waals surface area contributed by atoms with Crippen LogP contribution in [0, 0.1) is 0 Å². The number of hydrogen-bond acceptors (Lipinski definition) is 5. The Morgan fingerprint density at radius 3 is 2.31 bits per heavy atom. The highest BCUT2D eigenvalue weighted by molar-refractivity contribution is 8.13. The van der Waals surface area contributed by atoms with E-state index in [-0.39, 0.29) is 10.0 Å². The number of hydrogen-bond donors (Lipinski definition) is 0. The Balaban J connectivity index is 2.20. The number of rotatable bonds is 9. The van der Waals surface area contributed by atoms with Gasteiger partial charge in [-0.3, -0.25) is 4.79 Å². The molecule has 0 radical (unpaired) electrons. The topological polar surface area (TPSA) is 63.7 Å². The molecule has 0 spiro atoms. The molecule has 0 N–H and O–H groups in total. The molecule has 0 aliphatic rings. The van der Waals surface area contributed by atoms with Gasteiger partial charge in [-0.25, -0.2) is 8.42 Å². The Hall–Kier alpha value is -1.83. The highest BCUT2D eigenvalue weighted by Crippen LogP contribution is 2.22. The van der Waals surface area contributed by atoms with E-state index in [9.17, 15) is 13.2 Å². The van der Waals surface area contributed by atoms with Crippen LogP contribution in [0.3, 0.4) is 0 Å². The summed E-state index contributed by atoms with van der Waals surface area (Å²) in [4.78, 5) is 11.3. The van der Waals surface area contributed by atoms with E-state index in [1.165, 1.54) is 30.1 Å². The monoisotopic (exact) mass is 393 g/mol. The van der Waals surface area contributed by atoms with E-state index in [4.69, 9.17) is 4.74 Å². The normalized spacial score (nSPS) is 11.5. The van der Waals surface area contributed by atoms with Gasteiger partial charge in [-0.1, -0.05) is 42.1 Å². The maximum atomic E-state index is 13.1. The van der Waals surface area contributed by atoms with Crippen molar-refractivity contribution in [3.05, 3.63) is 60.2 Å². The lowest BCUT2D eigenvalue weighted by molar-refractivity contribution is -0.109. The zero-order valence-corrected chi connectivity index (χ0v) is 16.6. The summed E-state index contributed by atoms with van der Waals surface area (Å²) in [6, 6.07) is 15.9. The first-order chi connectivity index (χ1) is 12.4. The zero-order chi connectivity index (χ0) is 19.0. The quantitative estimate of drug-likeness (QED) is 0.610. The maximum absolute atomic E-state index is 13.1. The second-order valence-electron chi connectivity index (χ2n) is 5.69. The van der Waals surface area contributed by atoms with E-state index in [2.05, 4.69) is 0 Å². The molecule has 0 unspecified atom stereocenters. The Morgan fingerprint density at radius 1 is 1.08 bits per heavy atom. The van der Waals surface area contributed by atoms with E-state index in [1.54, 1.807) is 24.3 Å². The first-order valence-electron chi connectivity index (χ1n) is 8.25. The average Bonchev–Trinajstić information content (AvgIpc) is 2.64. The van der Waals surface area contributed by atoms with Crippen LogP contribution in [0.1, 0.15) is 18.9 Å². The number of nitrogens with zero attached hydrogens (tertiary/aromatic N) is 1. The average molecular weight is 394 g/mol. The van der Waals surface area contributed by atoms with Crippen molar-refractivity contribution in [2.45, 2.75) is 24.8 Å². The summed E-state index contributed by atoms with van der Waals surface area (Å²) in [5.74, 6) is 1.20. The van der Waals surface area contributed by atoms with Gasteiger partial charge in [-0.05, 0) is 36.2 Å². The van der Waals surface area contributed by atoms with E-state index in [1.807, 2.05) is 30.3 Å². The van der Waals surface area contributed by atoms with Crippen LogP contribution in [-0.4, -0.2) is 37.2 Å². The standard InChI is InChI=1S/C19H23NO4S2/c1-16(21)25-14-6-13-20(15-17-7-4-3-5-8-17)26(22,23)19-11-9-18(24-2)10-12-19/h3-5,7-12H,6,13-15H2,1-2H3. The number of ether oxygens (including phenoxy) is 1. The molecule has 7 heteroatoms. The van der Waals surface area contributed by atoms with Gasteiger partial charge in [0.25, 0.3) is 0 Å². The van der Waals surface area contributed by atoms with E-state index in [0.29, 0.717) is 31.0 Å². The van der Waals surface area contributed by atoms with Crippen molar-refractivity contribution >= 4 is 26.9 Å². The molecule has 2 aromatic rings. The molecular formula is C19H23NO4S2. The largest absolute Gasteiger partial charge is 0.497 e. The van der Waals surface area contributed by atoms with Crippen molar-refractivity contribution in [2.24, 2.45) is 0 Å². The molecule has 0 heterocycles. The van der Waals surface area contributed by atoms with E-state index in [0.717, 1.165) is 5.56 Å². The fraction of sp³-hybridized carbons (Fsp3) is 0.316. The molecule has 0 aliphatic heterocycles. The van der Waals surface area contributed by atoms with Crippen molar-refractivity contribution in [3.63, 3.8) is 0 Å². The summed E-state index contributed by atoms with van der Waals surface area (Å²) in [6.07, 6.45) is 0.604. The first-order valence-corrected chi connectivity index (χ1v) is 10.7. The van der Waals surface area contributed by atoms with Gasteiger partial charge in [0, 0.05) is 25.8 Å². The molecule has 0 saturated heterocycles. The van der Waals surface area contributed by atoms with Gasteiger partial charge >= 0.3 is 0 Å². The van der Waals surface area contributed by atoms with Crippen molar-refractivity contribution in [3.8, 4) is 5.75 Å². The summed E-state index contributed by atoms with van der Waals surface area (Å²) < 4.78 is 32.7. The van der Waals surface area contributed by atoms with Gasteiger partial charge in [0.2, 0.25) is 10.0 Å². The van der Waals surface area contributed by atoms with Crippen molar-refractivity contribution in [1.82, 2.24) is 4.31 Å². The molecule has 0 atom stereocenters. The van der Waals surface area contributed by atoms with Crippen LogP contribution in [0.25, 0.3) is 0 Å². The molecular weight excluding hydrogens is 370 g/mol. The lowest BCUT2D eigenvalue weighted by Crippen LogP contribution is -2.32. The van der Waals surface area contributed by atoms with E-state index < -0.39 is 10.0 Å². The molecule has 0 aliphatic carbocycles. The number of benzene rings is 2. The third-order valence-corrected chi connectivity index (χ3v) is 6.51. The Labute approximate surface area is 159 Å². The molecule has 2 rings (SSSR count). The third kappa shape index (κ3) is 5.86. The fourth-order valence-electron chi connectivity index (χ4n) is 2.42. The second-order valence-corrected chi connectivity index (χ2v) is 8.90. The molecule has 0 fully saturated rings. The highest BCUT2D eigenvalue weighted by atomic mass is 32.2. The smallest absolute Gasteiger partial charge is 0.243 e. The van der Waals surface area contributed by atoms with Crippen LogP contribution < -0.4 is 4.74 Å². The Bertz CT molecular complexity index is 805. The first kappa shape index (κ1) is 20.5. The van der Waals surface area contributed by atoms with Crippen LogP contribution in [0.15, 0.2) is 59.5 Å². The molecule has 0 aromatic heterocycles. The molecule has 26 heavy (non-hydrogen) atoms. The summed E-state index contributed by atoms with van der Waals surface area (Å²) in [6.45, 7) is 2.16. The number of sulfonamides is 1. The van der Waals surface area contributed by atoms with Gasteiger partial charge in [-0.15, -0.1) is 0 Å². The van der Waals surface area contributed by atoms with Gasteiger partial charge in [0.1, 0.15) is 5.75 Å². The molecule has 2 aromatic carbocycles. The third-order valence-electron chi connectivity index (χ3n) is 3.76. The maximum Gasteiger partial charge on any atom is 0.243 e. The zero-order valence-electron chi connectivity index (χ0n) is 14.9. The lowest BCUT2D eigenvalue weighted by Gasteiger charge is -2.22. The summed E-state index contributed by atoms with van der Waals surface area (Å²) in [5, 5.41) is 0.0395. The lowest BCUT2D eigenvalue weighted by atomic mass is 10.2. The molecule has 0 saturated carbocycles. The predicted molar refractivity (Wildman–Crippen MR) is 105 cm³/mol. The number of thioether (sulfide) groups is 1. The number of carbonyl (C=O) groups is 1. The minimum atomic E-state index is -3.64. The molecule has 0 bridgehead atoms. The van der Waals surface area contributed by atoms with Crippen LogP contribution >= 0.6 is 11.8 Å². The van der Waals surface area contributed by atoms with E-state index >= 15 is 0 Å². The fourth-order valence-corrected chi connectivity index (χ4v) is 4.45. The number of methoxy groups -OCH3 is 1. The van der Waals surface area contributed by atoms with Crippen LogP contribution in [-0.2, 0) is 21.4 Å². The van der Waals surface area contributed by atoms with Crippen LogP contribution in [0.4, 0.5) is 0 Å². The van der Waals surface area contributed by atoms with Gasteiger partial charge < -0.3 is 4.74 Å². The van der Waals surface area contributed by atoms with Crippen molar-refractivity contribution < 1.29 is 17.9 Å². The summed E-state index contributed by atoms with van der Waals surface area (Å²) in [5.41, 5.74) is 0.920. The Morgan fingerprint density at radius 2 is 1.73 bits per heavy atom. The Kier molecular flexibility index (Phi) is 7.68. The second kappa shape index (κ2) is 9.75. The van der Waals surface area contributed by atoms with Crippen molar-refractivity contribution in [2.75, 3.05) is 19.4 Å². The minimum Gasteiger partial charge on any atom is -0.497 e. The highest BCUT2D eigenvalue weighted by Gasteiger charge is 2.24. The molecule has 0 amide bonds. The summed E-state index contributed by atoms with van der Waals surface area (Å²) >= 11 is 1.21. The predicted octanol–water partition coefficient (Wildman–Crippen LogP) is 3.56. The summed E-state index contributed by atoms with van der Waals surface area (Å²) in [7, 11) is -2.10. The van der Waals surface area contributed by atoms with Crippen LogP contribution in [0.2, 0.25) is 0 Å². The van der Waals surface area contributed by atoms with Gasteiger partial charge in [-0.2, -0.15) is 4.31 Å². The molecule has 140 valence electrons. The van der Waals surface area contributed by atoms with Crippen LogP contribution in [0.5, 0.6) is 5.75 Å². The molecule has 5 nitrogen and oxygen atoms in total. The van der Waals surface area contributed by atoms with Crippen molar-refractivity contribution in [1.29, 1.82) is 0 Å². The van der Waals surface area contributed by atoms with Gasteiger partial charge in [0.15, 0.2) is 5.12 Å². The number of carbonyl (C=O) groups excluding carboxylic acids is 1.